The molecule has 8 heterocycles. The predicted molar refractivity (Wildman–Crippen MR) is 450 cm³/mol. The monoisotopic (exact) mass is 1690 g/mol. The predicted octanol–water partition coefficient (Wildman–Crippen LogP) is 10.8. The number of hydrogen-bond acceptors (Lipinski definition) is 23. The van der Waals surface area contributed by atoms with E-state index in [2.05, 4.69) is 103 Å². The summed E-state index contributed by atoms with van der Waals surface area (Å²) >= 11 is 3.44. The first kappa shape index (κ1) is 96.3. The summed E-state index contributed by atoms with van der Waals surface area (Å²) in [5, 5.41) is 28.0. The van der Waals surface area contributed by atoms with Crippen LogP contribution in [0.4, 0.5) is 21.8 Å². The van der Waals surface area contributed by atoms with E-state index in [0.717, 1.165) is 150 Å². The Morgan fingerprint density at radius 1 is 0.466 bits per heavy atom. The number of methoxy groups -OCH3 is 3. The molecule has 2 unspecified atom stereocenters. The van der Waals surface area contributed by atoms with Gasteiger partial charge in [0, 0.05) is 73.2 Å². The molecule has 600 valence electrons. The maximum absolute atomic E-state index is 11.9. The third-order valence-corrected chi connectivity index (χ3v) is 19.6. The average molecular weight is 1700 g/mol. The molecular formula is C88H100BrFK2N12O12. The molecule has 4 aromatic heterocycles. The molecule has 0 amide bonds. The van der Waals surface area contributed by atoms with Gasteiger partial charge in [0.25, 0.3) is 6.47 Å². The second kappa shape index (κ2) is 49.6. The Hall–Kier alpha value is -8.57. The number of carboxylic acid groups (broad SMARTS) is 1. The van der Waals surface area contributed by atoms with Gasteiger partial charge in [-0.25, -0.2) is 59.0 Å². The van der Waals surface area contributed by atoms with Crippen LogP contribution >= 0.6 is 15.9 Å². The van der Waals surface area contributed by atoms with E-state index in [1.54, 1.807) is 60.7 Å². The van der Waals surface area contributed by atoms with Crippen molar-refractivity contribution >= 4 is 108 Å². The summed E-state index contributed by atoms with van der Waals surface area (Å²) in [5.41, 5.74) is 14.8. The number of aliphatic hydroxyl groups is 1. The number of nitrogens with one attached hydrogen (secondary N) is 1. The van der Waals surface area contributed by atoms with Crippen LogP contribution in [0.2, 0.25) is 0 Å². The number of rotatable bonds is 12. The molecular weight excluding hydrogens is 1590 g/mol. The van der Waals surface area contributed by atoms with Crippen molar-refractivity contribution in [3.8, 4) is 45.0 Å². The second-order valence-corrected chi connectivity index (χ2v) is 27.1. The number of aliphatic hydroxyl groups excluding tert-OH is 1. The Morgan fingerprint density at radius 2 is 0.741 bits per heavy atom. The largest absolute Gasteiger partial charge is 1.00 e. The SMILES string of the molecule is C.C.CC1CCCN1.CO.COC(=O)c1ccc2nc(-c3ccccc3)c(Br)nc2c1.COC(=O)c1ccc2nc(-c3ccccc3)c(N3CCCC3C)nc2c1.COC(=O)c1ccc2nc(-c3ccccc3)c(N3CCC[C@H]3C)nc2c1.C[C@@H]1CCCN1c1nc2cc(C(=O)O)ccc2nc1-c1ccccc1.O=CO[O-].[2H]CF.[H-].[K+].[K+]. The fraction of sp³-hybridized carbons (Fsp3) is 0.307. The van der Waals surface area contributed by atoms with E-state index in [1.165, 1.54) is 40.7 Å². The number of anilines is 3. The number of carboxylic acids is 1. The maximum Gasteiger partial charge on any atom is 1.00 e. The van der Waals surface area contributed by atoms with Crippen LogP contribution in [0.3, 0.4) is 0 Å². The first-order chi connectivity index (χ1) is 54.9. The number of carbonyl (C=O) groups excluding carboxylic acids is 4. The zero-order valence-electron chi connectivity index (χ0n) is 67.7. The third-order valence-electron chi connectivity index (χ3n) is 19.1. The van der Waals surface area contributed by atoms with Gasteiger partial charge in [0.15, 0.2) is 17.5 Å². The number of aromatic nitrogens is 8. The zero-order chi connectivity index (χ0) is 80.9. The van der Waals surface area contributed by atoms with Gasteiger partial charge in [-0.05, 0) is 174 Å². The van der Waals surface area contributed by atoms with Crippen molar-refractivity contribution in [1.29, 1.82) is 0 Å². The summed E-state index contributed by atoms with van der Waals surface area (Å²) in [4.78, 5) is 103. The second-order valence-electron chi connectivity index (χ2n) is 26.4. The third kappa shape index (κ3) is 25.7. The molecule has 4 aliphatic heterocycles. The molecule has 28 heteroatoms. The van der Waals surface area contributed by atoms with Gasteiger partial charge in [-0.1, -0.05) is 136 Å². The normalized spacial score (nSPS) is 15.3. The van der Waals surface area contributed by atoms with Crippen molar-refractivity contribution in [3.05, 3.63) is 221 Å². The van der Waals surface area contributed by atoms with Crippen molar-refractivity contribution < 1.29 is 168 Å². The molecule has 0 bridgehead atoms. The van der Waals surface area contributed by atoms with Crippen LogP contribution in [-0.2, 0) is 23.9 Å². The van der Waals surface area contributed by atoms with E-state index in [1.807, 2.05) is 109 Å². The van der Waals surface area contributed by atoms with Gasteiger partial charge in [0.2, 0.25) is 0 Å². The minimum absolute atomic E-state index is 0. The number of carbonyl (C=O) groups is 5. The summed E-state index contributed by atoms with van der Waals surface area (Å²) < 4.78 is 30.5. The first-order valence-corrected chi connectivity index (χ1v) is 37.4. The summed E-state index contributed by atoms with van der Waals surface area (Å²) in [5.74, 6) is 0.542. The number of alkyl halides is 1. The molecule has 116 heavy (non-hydrogen) atoms. The van der Waals surface area contributed by atoms with Gasteiger partial charge >= 0.3 is 127 Å². The quantitative estimate of drug-likeness (QED) is 0.0256. The van der Waals surface area contributed by atoms with E-state index in [0.29, 0.717) is 67.0 Å². The molecule has 24 nitrogen and oxygen atoms in total. The van der Waals surface area contributed by atoms with Gasteiger partial charge in [0.1, 0.15) is 27.4 Å². The van der Waals surface area contributed by atoms with Gasteiger partial charge in [0.05, 0.1) is 96.2 Å². The van der Waals surface area contributed by atoms with E-state index in [9.17, 15) is 28.7 Å². The standard InChI is InChI=1S/2C21H21N3O2.C20H19N3O2.C16H11BrN2O2.C5H11N.CH3F.CH2O3.CH4O.2CH4.2K.H/c2*1-14-7-6-12-24(14)20-19(15-8-4-3-5-9-15)22-17-11-10-16(21(25)26-2)13-18(17)23-20;1-13-6-5-11-23(13)19-18(14-7-3-2-4-8-14)21-16-10-9-15(20(24)25)12-17(16)22-19;1-21-16(20)11-7-8-12-13(9-11)19-15(17)14(18-12)10-5-3-2-4-6-10;1-5-3-2-4-6-5;1-2;2-1-4-3;1-2;;;;;/h2*3-5,8-11,13-14H,6-7,12H2,1-2H3;2-4,7-10,12-13H,5-6,11H2,1H3,(H,24,25);2-9H,1H3;5-6H,2-4H2,1H3;1H3;1,3H;2H,1H3;2*1H4;;;/q;;;;;;;;;;2*+1;-1/p-1/t14-;;13-;;;;;;;;;;/m1.1........../s1/i;;;;;1D;;;;;;;. The number of fused-ring (bicyclic) bond motifs is 4. The van der Waals surface area contributed by atoms with Gasteiger partial charge in [-0.2, -0.15) is 0 Å². The average Bonchev–Trinajstić information content (AvgIpc) is 1.11. The fourth-order valence-electron chi connectivity index (χ4n) is 13.4. The van der Waals surface area contributed by atoms with E-state index >= 15 is 0 Å². The maximum atomic E-state index is 11.9. The van der Waals surface area contributed by atoms with Crippen LogP contribution in [0.25, 0.3) is 89.2 Å². The van der Waals surface area contributed by atoms with Crippen molar-refractivity contribution in [2.24, 2.45) is 0 Å². The number of benzene rings is 8. The van der Waals surface area contributed by atoms with Crippen LogP contribution in [0.5, 0.6) is 0 Å². The Bertz CT molecular complexity index is 5030. The first-order valence-electron chi connectivity index (χ1n) is 37.3. The Morgan fingerprint density at radius 3 is 0.983 bits per heavy atom. The Labute approximate surface area is 773 Å². The number of nitrogens with zero attached hydrogens (tertiary/aromatic N) is 11. The number of aromatic carboxylic acids is 1. The molecule has 8 aromatic carbocycles. The number of esters is 3. The molecule has 0 aliphatic carbocycles. The number of halogens is 2. The Kier molecular flexibility index (Phi) is 41.2. The molecule has 0 saturated carbocycles. The van der Waals surface area contributed by atoms with Gasteiger partial charge in [-0.15, -0.1) is 0 Å². The van der Waals surface area contributed by atoms with E-state index < -0.39 is 13.1 Å². The van der Waals surface area contributed by atoms with Gasteiger partial charge < -0.3 is 56.0 Å². The van der Waals surface area contributed by atoms with Gasteiger partial charge in [-0.3, -0.25) is 9.18 Å². The molecule has 4 fully saturated rings. The summed E-state index contributed by atoms with van der Waals surface area (Å²) in [6.07, 6.45) is 9.61. The van der Waals surface area contributed by atoms with Crippen LogP contribution < -0.4 is 128 Å². The molecule has 4 aliphatic rings. The number of hydrogen-bond donors (Lipinski definition) is 3. The molecule has 16 rings (SSSR count). The van der Waals surface area contributed by atoms with Crippen LogP contribution in [0.15, 0.2) is 199 Å². The Balaban J connectivity index is 0.000000308. The number of ether oxygens (including phenoxy) is 3. The van der Waals surface area contributed by atoms with Crippen molar-refractivity contribution in [1.82, 2.24) is 45.2 Å². The van der Waals surface area contributed by atoms with E-state index in [4.69, 9.17) is 60.6 Å². The molecule has 0 spiro atoms. The van der Waals surface area contributed by atoms with Crippen molar-refractivity contribution in [2.75, 3.05) is 76.5 Å². The van der Waals surface area contributed by atoms with E-state index in [-0.39, 0.29) is 149 Å². The molecule has 0 radical (unpaired) electrons. The van der Waals surface area contributed by atoms with Crippen LogP contribution in [0.1, 0.15) is 138 Å². The topological polar surface area (TPSA) is 311 Å². The zero-order valence-corrected chi connectivity index (χ0v) is 73.5. The molecule has 12 aromatic rings. The van der Waals surface area contributed by atoms with Crippen molar-refractivity contribution in [3.63, 3.8) is 0 Å². The summed E-state index contributed by atoms with van der Waals surface area (Å²) in [6.45, 7) is 12.8. The van der Waals surface area contributed by atoms with Crippen molar-refractivity contribution in [2.45, 2.75) is 118 Å². The summed E-state index contributed by atoms with van der Waals surface area (Å²) in [7, 11) is 4.12. The van der Waals surface area contributed by atoms with Crippen LogP contribution in [0, 0.1) is 0 Å². The summed E-state index contributed by atoms with van der Waals surface area (Å²) in [6, 6.07) is 62.8. The fourth-order valence-corrected chi connectivity index (χ4v) is 13.9. The van der Waals surface area contributed by atoms with Crippen LogP contribution in [-0.4, -0.2) is 166 Å². The minimum Gasteiger partial charge on any atom is -1.00 e. The smallest absolute Gasteiger partial charge is 1.00 e. The molecule has 4 saturated heterocycles. The molecule has 4 atom stereocenters. The minimum atomic E-state index is -1.00. The molecule has 3 N–H and O–H groups in total.